The highest BCUT2D eigenvalue weighted by Gasteiger charge is 2.44. The molecule has 0 radical (unpaired) electrons. The lowest BCUT2D eigenvalue weighted by Crippen LogP contribution is -2.53. The Morgan fingerprint density at radius 3 is 2.50 bits per heavy atom. The number of nitrogens with zero attached hydrogens (tertiary/aromatic N) is 5. The first kappa shape index (κ1) is 34.5. The predicted molar refractivity (Wildman–Crippen MR) is 184 cm³/mol. The van der Waals surface area contributed by atoms with Gasteiger partial charge in [-0.15, -0.1) is 11.3 Å². The molecular formula is C35H48FN7O4S. The normalized spacial score (nSPS) is 23.0. The van der Waals surface area contributed by atoms with Gasteiger partial charge < -0.3 is 30.1 Å². The molecule has 1 aromatic carbocycles. The fourth-order valence-corrected chi connectivity index (χ4v) is 8.07. The molecule has 5 heterocycles. The number of anilines is 1. The maximum Gasteiger partial charge on any atom is 0.243 e. The second-order valence-electron chi connectivity index (χ2n) is 14.0. The molecule has 3 aliphatic heterocycles. The number of carbonyl (C=O) groups is 2. The summed E-state index contributed by atoms with van der Waals surface area (Å²) in [6.45, 7) is 12.6. The molecule has 0 saturated carbocycles. The Morgan fingerprint density at radius 2 is 1.85 bits per heavy atom. The molecule has 3 fully saturated rings. The monoisotopic (exact) mass is 681 g/mol. The molecule has 0 bridgehead atoms. The van der Waals surface area contributed by atoms with Crippen molar-refractivity contribution in [3.05, 3.63) is 52.9 Å². The van der Waals surface area contributed by atoms with Crippen molar-refractivity contribution in [2.45, 2.75) is 76.7 Å². The number of amides is 2. The number of likely N-dealkylation sites (tertiary alicyclic amines) is 1. The second kappa shape index (κ2) is 14.6. The van der Waals surface area contributed by atoms with Crippen molar-refractivity contribution in [2.75, 3.05) is 57.3 Å². The fourth-order valence-electron chi connectivity index (χ4n) is 7.26. The molecule has 13 heteroatoms. The highest BCUT2D eigenvalue weighted by Crippen LogP contribution is 2.34. The van der Waals surface area contributed by atoms with Crippen molar-refractivity contribution in [1.82, 2.24) is 30.6 Å². The Bertz CT molecular complexity index is 1550. The number of aromatic nitrogens is 2. The van der Waals surface area contributed by atoms with Crippen LogP contribution < -0.4 is 15.5 Å². The standard InChI is InChI=1S/C35H48FN7O4S/c1-22(2)31(29-18-30(40-47-29)42-15-13-41(14-16-42)20-35(36)9-11-37-12-10-35)34(46)43-19-27(44)17-28(43)33(45)39-23(3)25-5-7-26(8-6-25)32-24(4)38-21-48-32/h5-8,18,21-23,27-28,31,37,44H,9-17,19-20H2,1-4H3,(H,39,45)/t23?,27-,28+,31?/m1/s1. The van der Waals surface area contributed by atoms with E-state index in [2.05, 4.69) is 30.6 Å². The Hall–Kier alpha value is -3.39. The topological polar surface area (TPSA) is 127 Å². The Balaban J connectivity index is 1.08. The number of halogens is 1. The van der Waals surface area contributed by atoms with E-state index >= 15 is 4.39 Å². The number of piperazine rings is 1. The maximum atomic E-state index is 15.3. The zero-order chi connectivity index (χ0) is 34.0. The Morgan fingerprint density at radius 1 is 1.15 bits per heavy atom. The number of aryl methyl sites for hydroxylation is 1. The van der Waals surface area contributed by atoms with Crippen LogP contribution in [0, 0.1) is 12.8 Å². The number of thiazole rings is 1. The van der Waals surface area contributed by atoms with Gasteiger partial charge >= 0.3 is 0 Å². The summed E-state index contributed by atoms with van der Waals surface area (Å²) in [6.07, 6.45) is 0.454. The molecule has 2 aromatic heterocycles. The van der Waals surface area contributed by atoms with E-state index in [-0.39, 0.29) is 36.7 Å². The summed E-state index contributed by atoms with van der Waals surface area (Å²) in [6, 6.07) is 8.77. The van der Waals surface area contributed by atoms with Gasteiger partial charge in [0.25, 0.3) is 0 Å². The zero-order valence-electron chi connectivity index (χ0n) is 28.3. The van der Waals surface area contributed by atoms with Crippen LogP contribution in [0.15, 0.2) is 40.4 Å². The van der Waals surface area contributed by atoms with Crippen LogP contribution in [0.3, 0.4) is 0 Å². The van der Waals surface area contributed by atoms with E-state index in [9.17, 15) is 14.7 Å². The van der Waals surface area contributed by atoms with Crippen LogP contribution in [0.25, 0.3) is 10.4 Å². The van der Waals surface area contributed by atoms with Gasteiger partial charge in [-0.2, -0.15) is 0 Å². The number of β-amino-alcohol motifs (C(OH)–C–C–N with tert-alkyl or cyclic N) is 1. The molecule has 6 rings (SSSR count). The van der Waals surface area contributed by atoms with Crippen molar-refractivity contribution in [3.63, 3.8) is 0 Å². The number of benzene rings is 1. The molecule has 4 atom stereocenters. The van der Waals surface area contributed by atoms with Crippen LogP contribution >= 0.6 is 11.3 Å². The summed E-state index contributed by atoms with van der Waals surface area (Å²) >= 11 is 1.59. The molecule has 0 aliphatic carbocycles. The van der Waals surface area contributed by atoms with E-state index in [1.54, 1.807) is 11.3 Å². The van der Waals surface area contributed by atoms with E-state index in [0.29, 0.717) is 44.1 Å². The van der Waals surface area contributed by atoms with Gasteiger partial charge in [-0.3, -0.25) is 14.5 Å². The molecule has 3 aliphatic rings. The van der Waals surface area contributed by atoms with Crippen molar-refractivity contribution < 1.29 is 23.6 Å². The van der Waals surface area contributed by atoms with Gasteiger partial charge in [0.15, 0.2) is 11.6 Å². The molecular weight excluding hydrogens is 633 g/mol. The summed E-state index contributed by atoms with van der Waals surface area (Å²) in [5.74, 6) is -0.271. The fraction of sp³-hybridized carbons (Fsp3) is 0.600. The molecule has 2 unspecified atom stereocenters. The number of hydrogen-bond acceptors (Lipinski definition) is 10. The number of nitrogens with one attached hydrogen (secondary N) is 2. The molecule has 48 heavy (non-hydrogen) atoms. The molecule has 3 aromatic rings. The number of hydrogen-bond donors (Lipinski definition) is 3. The summed E-state index contributed by atoms with van der Waals surface area (Å²) in [5, 5.41) is 21.2. The van der Waals surface area contributed by atoms with E-state index < -0.39 is 23.7 Å². The van der Waals surface area contributed by atoms with E-state index in [0.717, 1.165) is 47.9 Å². The van der Waals surface area contributed by atoms with Crippen LogP contribution in [0.2, 0.25) is 0 Å². The second-order valence-corrected chi connectivity index (χ2v) is 14.8. The van der Waals surface area contributed by atoms with Gasteiger partial charge in [0.05, 0.1) is 28.2 Å². The van der Waals surface area contributed by atoms with Crippen LogP contribution in [0.5, 0.6) is 0 Å². The van der Waals surface area contributed by atoms with Gasteiger partial charge in [-0.1, -0.05) is 43.3 Å². The summed E-state index contributed by atoms with van der Waals surface area (Å²) in [4.78, 5) is 39.0. The minimum absolute atomic E-state index is 0.0759. The molecule has 3 N–H and O–H groups in total. The van der Waals surface area contributed by atoms with Crippen LogP contribution in [0.1, 0.15) is 69.0 Å². The predicted octanol–water partition coefficient (Wildman–Crippen LogP) is 3.90. The Labute approximate surface area is 285 Å². The number of aliphatic hydroxyl groups is 1. The van der Waals surface area contributed by atoms with Gasteiger partial charge in [0.1, 0.15) is 17.6 Å². The van der Waals surface area contributed by atoms with Crippen molar-refractivity contribution in [2.24, 2.45) is 5.92 Å². The van der Waals surface area contributed by atoms with E-state index in [1.807, 2.05) is 63.5 Å². The highest BCUT2D eigenvalue weighted by molar-refractivity contribution is 7.13. The lowest BCUT2D eigenvalue weighted by molar-refractivity contribution is -0.141. The molecule has 11 nitrogen and oxygen atoms in total. The van der Waals surface area contributed by atoms with Crippen LogP contribution in [-0.4, -0.2) is 107 Å². The van der Waals surface area contributed by atoms with Gasteiger partial charge in [-0.05, 0) is 56.8 Å². The third-order valence-corrected chi connectivity index (χ3v) is 11.1. The third-order valence-electron chi connectivity index (χ3n) is 10.1. The number of carbonyl (C=O) groups excluding carboxylic acids is 2. The Kier molecular flexibility index (Phi) is 10.5. The van der Waals surface area contributed by atoms with Gasteiger partial charge in [0, 0.05) is 51.8 Å². The molecule has 0 spiro atoms. The lowest BCUT2D eigenvalue weighted by atomic mass is 9.91. The number of aliphatic hydroxyl groups excluding tert-OH is 1. The van der Waals surface area contributed by atoms with E-state index in [1.165, 1.54) is 4.90 Å². The number of rotatable bonds is 10. The minimum atomic E-state index is -1.14. The molecule has 2 amide bonds. The van der Waals surface area contributed by atoms with Crippen molar-refractivity contribution in [1.29, 1.82) is 0 Å². The lowest BCUT2D eigenvalue weighted by Gasteiger charge is -2.39. The molecule has 3 saturated heterocycles. The quantitative estimate of drug-likeness (QED) is 0.292. The van der Waals surface area contributed by atoms with Crippen LogP contribution in [0.4, 0.5) is 10.2 Å². The van der Waals surface area contributed by atoms with Gasteiger partial charge in [0.2, 0.25) is 11.8 Å². The first-order chi connectivity index (χ1) is 23.0. The minimum Gasteiger partial charge on any atom is -0.391 e. The highest BCUT2D eigenvalue weighted by atomic mass is 32.1. The first-order valence-corrected chi connectivity index (χ1v) is 18.0. The zero-order valence-corrected chi connectivity index (χ0v) is 29.1. The summed E-state index contributed by atoms with van der Waals surface area (Å²) in [5.41, 5.74) is 3.70. The van der Waals surface area contributed by atoms with Crippen molar-refractivity contribution in [3.8, 4) is 10.4 Å². The molecule has 260 valence electrons. The number of piperidine rings is 1. The van der Waals surface area contributed by atoms with Crippen LogP contribution in [-0.2, 0) is 9.59 Å². The number of alkyl halides is 1. The van der Waals surface area contributed by atoms with E-state index in [4.69, 9.17) is 4.52 Å². The average Bonchev–Trinajstić information content (AvgIpc) is 3.82. The summed E-state index contributed by atoms with van der Waals surface area (Å²) < 4.78 is 21.0. The average molecular weight is 682 g/mol. The van der Waals surface area contributed by atoms with Gasteiger partial charge in [-0.25, -0.2) is 9.37 Å². The smallest absolute Gasteiger partial charge is 0.243 e. The maximum absolute atomic E-state index is 15.3. The first-order valence-electron chi connectivity index (χ1n) is 17.1. The van der Waals surface area contributed by atoms with Crippen molar-refractivity contribution >= 4 is 29.0 Å². The largest absolute Gasteiger partial charge is 0.391 e. The SMILES string of the molecule is Cc1ncsc1-c1ccc(C(C)NC(=O)[C@@H]2C[C@@H](O)CN2C(=O)C(c2cc(N3CCN(CC4(F)CCNCC4)CC3)no2)C(C)C)cc1. The summed E-state index contributed by atoms with van der Waals surface area (Å²) in [7, 11) is 0. The third kappa shape index (κ3) is 7.59.